The van der Waals surface area contributed by atoms with Gasteiger partial charge in [0.2, 0.25) is 0 Å². The van der Waals surface area contributed by atoms with Crippen LogP contribution in [0, 0.1) is 5.92 Å². The first kappa shape index (κ1) is 16.3. The first-order chi connectivity index (χ1) is 11.2. The second-order valence-corrected chi connectivity index (χ2v) is 6.92. The highest BCUT2D eigenvalue weighted by atomic mass is 16.2. The molecule has 1 aromatic rings. The quantitative estimate of drug-likeness (QED) is 0.921. The third kappa shape index (κ3) is 4.47. The van der Waals surface area contributed by atoms with Crippen LogP contribution in [-0.2, 0) is 6.42 Å². The Morgan fingerprint density at radius 3 is 2.35 bits per heavy atom. The minimum absolute atomic E-state index is 0.0499. The van der Waals surface area contributed by atoms with E-state index in [0.717, 1.165) is 44.0 Å². The molecule has 0 bridgehead atoms. The van der Waals surface area contributed by atoms with Gasteiger partial charge in [0.05, 0.1) is 0 Å². The number of likely N-dealkylation sites (tertiary alicyclic amines) is 2. The molecule has 126 valence electrons. The van der Waals surface area contributed by atoms with Crippen LogP contribution in [0.2, 0.25) is 0 Å². The van der Waals surface area contributed by atoms with E-state index < -0.39 is 0 Å². The third-order valence-corrected chi connectivity index (χ3v) is 5.23. The van der Waals surface area contributed by atoms with E-state index in [1.54, 1.807) is 0 Å². The Bertz CT molecular complexity index is 500. The van der Waals surface area contributed by atoms with Crippen LogP contribution in [0.5, 0.6) is 0 Å². The number of urea groups is 1. The van der Waals surface area contributed by atoms with Gasteiger partial charge in [0.25, 0.3) is 0 Å². The number of piperidine rings is 1. The van der Waals surface area contributed by atoms with Crippen molar-refractivity contribution in [3.05, 3.63) is 29.8 Å². The zero-order valence-electron chi connectivity index (χ0n) is 14.3. The summed E-state index contributed by atoms with van der Waals surface area (Å²) >= 11 is 0. The topological polar surface area (TPSA) is 35.6 Å². The summed E-state index contributed by atoms with van der Waals surface area (Å²) in [6.07, 6.45) is 6.02. The molecular weight excluding hydrogens is 286 g/mol. The average molecular weight is 315 g/mol. The molecule has 1 aromatic carbocycles. The molecule has 2 aliphatic heterocycles. The maximum absolute atomic E-state index is 12.4. The number of anilines is 1. The van der Waals surface area contributed by atoms with Crippen molar-refractivity contribution in [3.8, 4) is 0 Å². The molecule has 2 amide bonds. The minimum Gasteiger partial charge on any atom is -0.325 e. The molecular formula is C19H29N3O. The molecule has 2 fully saturated rings. The van der Waals surface area contributed by atoms with E-state index in [1.165, 1.54) is 38.0 Å². The second-order valence-electron chi connectivity index (χ2n) is 6.92. The predicted octanol–water partition coefficient (Wildman–Crippen LogP) is 3.59. The molecule has 0 aromatic heterocycles. The van der Waals surface area contributed by atoms with Gasteiger partial charge in [-0.05, 0) is 68.8 Å². The first-order valence-corrected chi connectivity index (χ1v) is 9.12. The summed E-state index contributed by atoms with van der Waals surface area (Å²) in [5.74, 6) is 0.765. The van der Waals surface area contributed by atoms with E-state index in [2.05, 4.69) is 29.3 Å². The maximum atomic E-state index is 12.4. The highest BCUT2D eigenvalue weighted by molar-refractivity contribution is 5.89. The fourth-order valence-corrected chi connectivity index (χ4v) is 3.68. The van der Waals surface area contributed by atoms with Gasteiger partial charge in [-0.15, -0.1) is 0 Å². The Morgan fingerprint density at radius 2 is 1.74 bits per heavy atom. The minimum atomic E-state index is 0.0499. The molecule has 0 atom stereocenters. The summed E-state index contributed by atoms with van der Waals surface area (Å²) in [6, 6.07) is 8.21. The van der Waals surface area contributed by atoms with Gasteiger partial charge in [-0.2, -0.15) is 0 Å². The van der Waals surface area contributed by atoms with Gasteiger partial charge in [-0.25, -0.2) is 4.79 Å². The zero-order valence-corrected chi connectivity index (χ0v) is 14.3. The number of rotatable bonds is 4. The van der Waals surface area contributed by atoms with Crippen LogP contribution in [0.25, 0.3) is 0 Å². The summed E-state index contributed by atoms with van der Waals surface area (Å²) in [6.45, 7) is 7.69. The molecule has 0 spiro atoms. The summed E-state index contributed by atoms with van der Waals surface area (Å²) in [5.41, 5.74) is 2.19. The normalized spacial score (nSPS) is 20.0. The van der Waals surface area contributed by atoms with Gasteiger partial charge in [0.15, 0.2) is 0 Å². The van der Waals surface area contributed by atoms with Gasteiger partial charge < -0.3 is 15.1 Å². The van der Waals surface area contributed by atoms with Crippen LogP contribution in [-0.4, -0.2) is 48.6 Å². The number of amides is 2. The van der Waals surface area contributed by atoms with E-state index in [4.69, 9.17) is 0 Å². The molecule has 23 heavy (non-hydrogen) atoms. The Hall–Kier alpha value is -1.55. The van der Waals surface area contributed by atoms with Crippen LogP contribution in [0.4, 0.5) is 10.5 Å². The van der Waals surface area contributed by atoms with Crippen LogP contribution >= 0.6 is 0 Å². The van der Waals surface area contributed by atoms with Crippen molar-refractivity contribution < 1.29 is 4.79 Å². The van der Waals surface area contributed by atoms with Crippen LogP contribution in [0.15, 0.2) is 24.3 Å². The van der Waals surface area contributed by atoms with Gasteiger partial charge in [-0.1, -0.05) is 19.1 Å². The second kappa shape index (κ2) is 7.82. The molecule has 0 radical (unpaired) electrons. The van der Waals surface area contributed by atoms with Crippen LogP contribution < -0.4 is 5.32 Å². The SMILES string of the molecule is CCc1ccc(NC(=O)N2CCC(CN3CCCC3)CC2)cc1. The first-order valence-electron chi connectivity index (χ1n) is 9.12. The van der Waals surface area contributed by atoms with Crippen molar-refractivity contribution in [3.63, 3.8) is 0 Å². The Labute approximate surface area is 139 Å². The number of benzene rings is 1. The highest BCUT2D eigenvalue weighted by Crippen LogP contribution is 2.21. The number of carbonyl (C=O) groups is 1. The Morgan fingerprint density at radius 1 is 1.09 bits per heavy atom. The van der Waals surface area contributed by atoms with E-state index in [-0.39, 0.29) is 6.03 Å². The summed E-state index contributed by atoms with van der Waals surface area (Å²) in [5, 5.41) is 3.03. The zero-order chi connectivity index (χ0) is 16.1. The molecule has 0 saturated carbocycles. The molecule has 4 nitrogen and oxygen atoms in total. The van der Waals surface area contributed by atoms with Gasteiger partial charge in [-0.3, -0.25) is 0 Å². The fourth-order valence-electron chi connectivity index (χ4n) is 3.68. The van der Waals surface area contributed by atoms with E-state index in [9.17, 15) is 4.79 Å². The maximum Gasteiger partial charge on any atom is 0.321 e. The van der Waals surface area contributed by atoms with Crippen molar-refractivity contribution >= 4 is 11.7 Å². The fraction of sp³-hybridized carbons (Fsp3) is 0.632. The van der Waals surface area contributed by atoms with Gasteiger partial charge in [0, 0.05) is 25.3 Å². The number of hydrogen-bond donors (Lipinski definition) is 1. The lowest BCUT2D eigenvalue weighted by atomic mass is 9.96. The van der Waals surface area contributed by atoms with E-state index >= 15 is 0 Å². The summed E-state index contributed by atoms with van der Waals surface area (Å²) < 4.78 is 0. The molecule has 2 aliphatic rings. The number of nitrogens with one attached hydrogen (secondary N) is 1. The molecule has 1 N–H and O–H groups in total. The van der Waals surface area contributed by atoms with Crippen molar-refractivity contribution in [1.29, 1.82) is 0 Å². The largest absolute Gasteiger partial charge is 0.325 e. The van der Waals surface area contributed by atoms with Crippen LogP contribution in [0.3, 0.4) is 0 Å². The van der Waals surface area contributed by atoms with Crippen molar-refractivity contribution in [2.24, 2.45) is 5.92 Å². The average Bonchev–Trinajstić information content (AvgIpc) is 3.09. The standard InChI is InChI=1S/C19H29N3O/c1-2-16-5-7-18(8-6-16)20-19(23)22-13-9-17(10-14-22)15-21-11-3-4-12-21/h5-8,17H,2-4,9-15H2,1H3,(H,20,23). The van der Waals surface area contributed by atoms with E-state index in [1.807, 2.05) is 17.0 Å². The van der Waals surface area contributed by atoms with Crippen molar-refractivity contribution in [2.45, 2.75) is 39.0 Å². The third-order valence-electron chi connectivity index (χ3n) is 5.23. The Kier molecular flexibility index (Phi) is 5.55. The van der Waals surface area contributed by atoms with Gasteiger partial charge >= 0.3 is 6.03 Å². The highest BCUT2D eigenvalue weighted by Gasteiger charge is 2.25. The lowest BCUT2D eigenvalue weighted by Gasteiger charge is -2.33. The number of aryl methyl sites for hydroxylation is 1. The molecule has 3 rings (SSSR count). The monoisotopic (exact) mass is 315 g/mol. The van der Waals surface area contributed by atoms with Crippen molar-refractivity contribution in [2.75, 3.05) is 38.0 Å². The van der Waals surface area contributed by atoms with E-state index in [0.29, 0.717) is 0 Å². The molecule has 0 aliphatic carbocycles. The lowest BCUT2D eigenvalue weighted by molar-refractivity contribution is 0.163. The number of hydrogen-bond acceptors (Lipinski definition) is 2. The molecule has 2 saturated heterocycles. The number of nitrogens with zero attached hydrogens (tertiary/aromatic N) is 2. The van der Waals surface area contributed by atoms with Crippen molar-refractivity contribution in [1.82, 2.24) is 9.80 Å². The molecule has 0 unspecified atom stereocenters. The van der Waals surface area contributed by atoms with Crippen LogP contribution in [0.1, 0.15) is 38.2 Å². The predicted molar refractivity (Wildman–Crippen MR) is 94.8 cm³/mol. The molecule has 2 heterocycles. The number of carbonyl (C=O) groups excluding carboxylic acids is 1. The summed E-state index contributed by atoms with van der Waals surface area (Å²) in [4.78, 5) is 16.9. The molecule has 4 heteroatoms. The smallest absolute Gasteiger partial charge is 0.321 e. The summed E-state index contributed by atoms with van der Waals surface area (Å²) in [7, 11) is 0. The lowest BCUT2D eigenvalue weighted by Crippen LogP contribution is -2.43. The Balaban J connectivity index is 1.43. The van der Waals surface area contributed by atoms with Gasteiger partial charge in [0.1, 0.15) is 0 Å².